The van der Waals surface area contributed by atoms with E-state index < -0.39 is 0 Å². The SMILES string of the molecule is C=CCCCCCCCCCCCCC=C(CCCCCCCCCCCCC=C)C(CCCCCCCCCCCCC=C)C(CCCCCCCCC=CCCCC)CC(CCCCCCC)CCCCCCCCCCCCC=C. The van der Waals surface area contributed by atoms with Crippen LogP contribution in [0.5, 0.6) is 0 Å². The summed E-state index contributed by atoms with van der Waals surface area (Å²) >= 11 is 0. The highest BCUT2D eigenvalue weighted by Crippen LogP contribution is 2.40. The van der Waals surface area contributed by atoms with E-state index in [9.17, 15) is 0 Å². The van der Waals surface area contributed by atoms with E-state index in [1.165, 1.54) is 424 Å². The first-order valence-electron chi connectivity index (χ1n) is 39.0. The van der Waals surface area contributed by atoms with Crippen LogP contribution in [0.2, 0.25) is 0 Å². The van der Waals surface area contributed by atoms with Gasteiger partial charge in [-0.1, -0.05) is 370 Å². The van der Waals surface area contributed by atoms with Crippen LogP contribution in [-0.2, 0) is 0 Å². The quantitative estimate of drug-likeness (QED) is 0.0421. The Labute approximate surface area is 527 Å². The van der Waals surface area contributed by atoms with E-state index in [1.807, 2.05) is 5.57 Å². The number of allylic oxidation sites excluding steroid dienone is 8. The van der Waals surface area contributed by atoms with Crippen molar-refractivity contribution in [3.05, 3.63) is 74.4 Å². The van der Waals surface area contributed by atoms with Crippen molar-refractivity contribution < 1.29 is 0 Å². The second-order valence-corrected chi connectivity index (χ2v) is 27.3. The minimum absolute atomic E-state index is 0.817. The van der Waals surface area contributed by atoms with Crippen molar-refractivity contribution in [1.29, 1.82) is 0 Å². The molecule has 488 valence electrons. The van der Waals surface area contributed by atoms with E-state index in [-0.39, 0.29) is 0 Å². The molecule has 0 aromatic carbocycles. The number of hydrogen-bond donors (Lipinski definition) is 0. The lowest BCUT2D eigenvalue weighted by Gasteiger charge is -2.33. The molecule has 0 bridgehead atoms. The Bertz CT molecular complexity index is 1310. The first-order chi connectivity index (χ1) is 41.2. The van der Waals surface area contributed by atoms with E-state index in [0.29, 0.717) is 0 Å². The zero-order valence-electron chi connectivity index (χ0n) is 57.8. The zero-order chi connectivity index (χ0) is 59.9. The fraction of sp³-hybridized carbons (Fsp3) is 0.855. The minimum atomic E-state index is 0.817. The van der Waals surface area contributed by atoms with Gasteiger partial charge in [-0.2, -0.15) is 0 Å². The van der Waals surface area contributed by atoms with Gasteiger partial charge in [0.25, 0.3) is 0 Å². The smallest absolute Gasteiger partial charge is 0.0175 e. The van der Waals surface area contributed by atoms with E-state index in [2.05, 4.69) is 82.7 Å². The van der Waals surface area contributed by atoms with Crippen molar-refractivity contribution in [3.8, 4) is 0 Å². The summed E-state index contributed by atoms with van der Waals surface area (Å²) in [7, 11) is 0. The molecule has 3 atom stereocenters. The lowest BCUT2D eigenvalue weighted by atomic mass is 9.72. The molecule has 0 aliphatic heterocycles. The third-order valence-electron chi connectivity index (χ3n) is 19.3. The summed E-state index contributed by atoms with van der Waals surface area (Å²) < 4.78 is 0. The van der Waals surface area contributed by atoms with Crippen molar-refractivity contribution in [2.24, 2.45) is 17.8 Å². The lowest BCUT2D eigenvalue weighted by molar-refractivity contribution is 0.231. The number of rotatable bonds is 74. The summed E-state index contributed by atoms with van der Waals surface area (Å²) in [4.78, 5) is 0. The first-order valence-corrected chi connectivity index (χ1v) is 39.0. The summed E-state index contributed by atoms with van der Waals surface area (Å²) in [5.74, 6) is 2.63. The molecule has 0 aliphatic rings. The van der Waals surface area contributed by atoms with Gasteiger partial charge >= 0.3 is 0 Å². The monoisotopic (exact) mass is 1150 g/mol. The Balaban J connectivity index is 6.51. The van der Waals surface area contributed by atoms with Gasteiger partial charge in [-0.15, -0.1) is 26.3 Å². The highest BCUT2D eigenvalue weighted by Gasteiger charge is 2.27. The number of unbranched alkanes of at least 4 members (excludes halogenated alkanes) is 53. The fourth-order valence-corrected chi connectivity index (χ4v) is 13.8. The predicted molar refractivity (Wildman–Crippen MR) is 385 cm³/mol. The Hall–Kier alpha value is -1.56. The minimum Gasteiger partial charge on any atom is -0.103 e. The molecular weight excluding hydrogens is 997 g/mol. The average Bonchev–Trinajstić information content (AvgIpc) is 3.53. The summed E-state index contributed by atoms with van der Waals surface area (Å²) in [6.45, 7) is 20.4. The topological polar surface area (TPSA) is 0 Å². The van der Waals surface area contributed by atoms with Crippen LogP contribution in [0.3, 0.4) is 0 Å². The summed E-state index contributed by atoms with van der Waals surface area (Å²) in [5, 5.41) is 0. The predicted octanol–water partition coefficient (Wildman–Crippen LogP) is 30.8. The molecule has 0 aliphatic carbocycles. The van der Waals surface area contributed by atoms with Gasteiger partial charge in [0.05, 0.1) is 0 Å². The van der Waals surface area contributed by atoms with Crippen molar-refractivity contribution in [1.82, 2.24) is 0 Å². The molecule has 0 saturated carbocycles. The van der Waals surface area contributed by atoms with Crippen LogP contribution in [0.4, 0.5) is 0 Å². The largest absolute Gasteiger partial charge is 0.103 e. The van der Waals surface area contributed by atoms with Crippen molar-refractivity contribution in [3.63, 3.8) is 0 Å². The van der Waals surface area contributed by atoms with Crippen LogP contribution in [0.15, 0.2) is 74.4 Å². The molecule has 0 nitrogen and oxygen atoms in total. The maximum Gasteiger partial charge on any atom is -0.0175 e. The van der Waals surface area contributed by atoms with E-state index in [1.54, 1.807) is 0 Å². The van der Waals surface area contributed by atoms with Crippen LogP contribution in [0.1, 0.15) is 438 Å². The average molecular weight is 1150 g/mol. The molecule has 3 unspecified atom stereocenters. The van der Waals surface area contributed by atoms with Crippen LogP contribution in [0.25, 0.3) is 0 Å². The molecule has 0 heteroatoms. The molecular formula is C83H156. The number of hydrogen-bond acceptors (Lipinski definition) is 0. The molecule has 0 rings (SSSR count). The van der Waals surface area contributed by atoms with Gasteiger partial charge < -0.3 is 0 Å². The third-order valence-corrected chi connectivity index (χ3v) is 19.3. The highest BCUT2D eigenvalue weighted by molar-refractivity contribution is 5.09. The van der Waals surface area contributed by atoms with E-state index in [0.717, 1.165) is 17.8 Å². The van der Waals surface area contributed by atoms with Crippen molar-refractivity contribution >= 4 is 0 Å². The van der Waals surface area contributed by atoms with Crippen molar-refractivity contribution in [2.45, 2.75) is 438 Å². The first kappa shape index (κ1) is 81.4. The standard InChI is InChI=1S/C83H156/c1-7-13-19-25-30-35-40-45-49-53-58-64-70-76-81(75-69-63-57-52-47-42-37-32-27-21-15-9-3)83(78-72-66-60-55-50-44-39-34-29-23-17-11-5)82(77-71-65-59-54-48-43-38-33-28-22-16-10-4)79-80(73-67-61-24-18-12-6)74-68-62-56-51-46-41-36-31-26-20-14-8-2/h7-9,11,28,33,76,80,82-83H,1-3,5,10,12-27,29-32,34-75,77-79H2,4,6H3. The van der Waals surface area contributed by atoms with Crippen molar-refractivity contribution in [2.75, 3.05) is 0 Å². The second kappa shape index (κ2) is 72.9. The van der Waals surface area contributed by atoms with Crippen LogP contribution >= 0.6 is 0 Å². The molecule has 0 fully saturated rings. The molecule has 0 aromatic rings. The molecule has 0 saturated heterocycles. The Morgan fingerprint density at radius 1 is 0.253 bits per heavy atom. The fourth-order valence-electron chi connectivity index (χ4n) is 13.8. The van der Waals surface area contributed by atoms with Gasteiger partial charge in [-0.3, -0.25) is 0 Å². The van der Waals surface area contributed by atoms with E-state index in [4.69, 9.17) is 0 Å². The molecule has 0 aromatic heterocycles. The third kappa shape index (κ3) is 63.3. The molecule has 0 amide bonds. The van der Waals surface area contributed by atoms with Gasteiger partial charge in [0, 0.05) is 0 Å². The maximum atomic E-state index is 3.94. The molecule has 0 N–H and O–H groups in total. The molecule has 83 heavy (non-hydrogen) atoms. The van der Waals surface area contributed by atoms with Gasteiger partial charge in [-0.25, -0.2) is 0 Å². The van der Waals surface area contributed by atoms with E-state index >= 15 is 0 Å². The molecule has 0 spiro atoms. The Morgan fingerprint density at radius 3 is 0.867 bits per heavy atom. The van der Waals surface area contributed by atoms with Crippen LogP contribution < -0.4 is 0 Å². The summed E-state index contributed by atoms with van der Waals surface area (Å²) in [5.41, 5.74) is 1.97. The van der Waals surface area contributed by atoms with Gasteiger partial charge in [0.15, 0.2) is 0 Å². The second-order valence-electron chi connectivity index (χ2n) is 27.3. The van der Waals surface area contributed by atoms with Gasteiger partial charge in [0.2, 0.25) is 0 Å². The van der Waals surface area contributed by atoms with Crippen LogP contribution in [0, 0.1) is 17.8 Å². The van der Waals surface area contributed by atoms with Gasteiger partial charge in [0.1, 0.15) is 0 Å². The summed E-state index contributed by atoms with van der Waals surface area (Å²) in [6, 6.07) is 0. The normalized spacial score (nSPS) is 13.1. The lowest BCUT2D eigenvalue weighted by Crippen LogP contribution is -2.22. The Morgan fingerprint density at radius 2 is 0.518 bits per heavy atom. The Kier molecular flexibility index (Phi) is 71.5. The highest BCUT2D eigenvalue weighted by atomic mass is 14.3. The van der Waals surface area contributed by atoms with Crippen LogP contribution in [-0.4, -0.2) is 0 Å². The van der Waals surface area contributed by atoms with Gasteiger partial charge in [-0.05, 0) is 133 Å². The zero-order valence-corrected chi connectivity index (χ0v) is 57.8. The summed E-state index contributed by atoms with van der Waals surface area (Å²) in [6.07, 6.45) is 110. The molecule has 0 radical (unpaired) electrons. The maximum absolute atomic E-state index is 3.94. The molecule has 0 heterocycles.